The van der Waals surface area contributed by atoms with Gasteiger partial charge in [0.25, 0.3) is 0 Å². The molecule has 84 valence electrons. The molecule has 1 aromatic carbocycles. The first-order valence-corrected chi connectivity index (χ1v) is 5.87. The lowest BCUT2D eigenvalue weighted by Gasteiger charge is -2.13. The topological polar surface area (TPSA) is 50.9 Å². The maximum atomic E-state index is 5.91. The van der Waals surface area contributed by atoms with Gasteiger partial charge in [-0.3, -0.25) is 4.98 Å². The van der Waals surface area contributed by atoms with E-state index in [4.69, 9.17) is 5.73 Å². The predicted molar refractivity (Wildman–Crippen MR) is 72.9 cm³/mol. The molecular formula is C12H14BrN3. The van der Waals surface area contributed by atoms with Crippen LogP contribution in [0.1, 0.15) is 11.1 Å². The van der Waals surface area contributed by atoms with Crippen molar-refractivity contribution in [3.8, 4) is 0 Å². The molecule has 2 aromatic rings. The fourth-order valence-electron chi connectivity index (χ4n) is 1.97. The van der Waals surface area contributed by atoms with Crippen molar-refractivity contribution in [2.24, 2.45) is 0 Å². The second-order valence-electron chi connectivity index (χ2n) is 3.87. The number of pyridine rings is 1. The minimum absolute atomic E-state index is 0.675. The number of nitrogens with two attached hydrogens (primary N) is 1. The number of fused-ring (bicyclic) bond motifs is 1. The molecule has 4 heteroatoms. The molecule has 3 nitrogen and oxygen atoms in total. The molecule has 0 bridgehead atoms. The van der Waals surface area contributed by atoms with Crippen molar-refractivity contribution in [1.82, 2.24) is 4.98 Å². The summed E-state index contributed by atoms with van der Waals surface area (Å²) >= 11 is 3.59. The van der Waals surface area contributed by atoms with Gasteiger partial charge in [-0.2, -0.15) is 0 Å². The second-order valence-corrected chi connectivity index (χ2v) is 4.66. The molecule has 1 aromatic heterocycles. The molecule has 0 unspecified atom stereocenters. The summed E-state index contributed by atoms with van der Waals surface area (Å²) in [6.45, 7) is 4.13. The van der Waals surface area contributed by atoms with Gasteiger partial charge in [0, 0.05) is 16.9 Å². The number of aryl methyl sites for hydroxylation is 2. The van der Waals surface area contributed by atoms with Crippen LogP contribution >= 0.6 is 15.9 Å². The Hall–Kier alpha value is -1.29. The number of halogens is 1. The van der Waals surface area contributed by atoms with Crippen LogP contribution in [0.5, 0.6) is 0 Å². The third-order valence-corrected chi connectivity index (χ3v) is 4.01. The molecule has 0 aliphatic heterocycles. The molecule has 0 radical (unpaired) electrons. The first-order valence-electron chi connectivity index (χ1n) is 5.08. The maximum Gasteiger partial charge on any atom is 0.0743 e. The van der Waals surface area contributed by atoms with E-state index in [-0.39, 0.29) is 0 Å². The number of nitrogens with one attached hydrogen (secondary N) is 1. The number of hydrogen-bond acceptors (Lipinski definition) is 3. The van der Waals surface area contributed by atoms with Gasteiger partial charge in [0.05, 0.1) is 23.1 Å². The molecule has 0 spiro atoms. The zero-order valence-electron chi connectivity index (χ0n) is 9.56. The Morgan fingerprint density at radius 1 is 1.38 bits per heavy atom. The average Bonchev–Trinajstić information content (AvgIpc) is 2.27. The van der Waals surface area contributed by atoms with E-state index in [2.05, 4.69) is 46.1 Å². The SMILES string of the molecule is CNc1c(N)cnc2cc(C)c(Br)c(C)c12. The van der Waals surface area contributed by atoms with E-state index in [0.29, 0.717) is 5.69 Å². The summed E-state index contributed by atoms with van der Waals surface area (Å²) in [5, 5.41) is 4.22. The smallest absolute Gasteiger partial charge is 0.0743 e. The lowest BCUT2D eigenvalue weighted by Crippen LogP contribution is -2.00. The van der Waals surface area contributed by atoms with Crippen molar-refractivity contribution in [3.05, 3.63) is 27.9 Å². The standard InChI is InChI=1S/C12H14BrN3/c1-6-4-9-10(7(2)11(6)13)12(15-3)8(14)5-16-9/h4-5H,14H2,1-3H3,(H,15,16). The molecule has 0 fully saturated rings. The summed E-state index contributed by atoms with van der Waals surface area (Å²) < 4.78 is 1.11. The molecule has 2 rings (SSSR count). The van der Waals surface area contributed by atoms with Crippen LogP contribution in [-0.2, 0) is 0 Å². The quantitative estimate of drug-likeness (QED) is 0.843. The van der Waals surface area contributed by atoms with Gasteiger partial charge in [0.1, 0.15) is 0 Å². The van der Waals surface area contributed by atoms with Gasteiger partial charge in [-0.25, -0.2) is 0 Å². The third kappa shape index (κ3) is 1.53. The van der Waals surface area contributed by atoms with Crippen LogP contribution in [0.2, 0.25) is 0 Å². The highest BCUT2D eigenvalue weighted by molar-refractivity contribution is 9.10. The van der Waals surface area contributed by atoms with Crippen LogP contribution in [0.15, 0.2) is 16.7 Å². The molecule has 0 aliphatic rings. The van der Waals surface area contributed by atoms with Gasteiger partial charge in [-0.05, 0) is 31.0 Å². The Morgan fingerprint density at radius 3 is 2.69 bits per heavy atom. The molecule has 0 saturated heterocycles. The highest BCUT2D eigenvalue weighted by Gasteiger charge is 2.11. The summed E-state index contributed by atoms with van der Waals surface area (Å²) in [5.74, 6) is 0. The Kier molecular flexibility index (Phi) is 2.76. The Balaban J connectivity index is 2.97. The molecule has 0 saturated carbocycles. The predicted octanol–water partition coefficient (Wildman–Crippen LogP) is 3.24. The van der Waals surface area contributed by atoms with E-state index in [9.17, 15) is 0 Å². The minimum atomic E-state index is 0.675. The first-order chi connectivity index (χ1) is 7.56. The van der Waals surface area contributed by atoms with E-state index in [1.165, 1.54) is 11.1 Å². The minimum Gasteiger partial charge on any atom is -0.396 e. The van der Waals surface area contributed by atoms with Gasteiger partial charge in [0.15, 0.2) is 0 Å². The number of anilines is 2. The Morgan fingerprint density at radius 2 is 2.06 bits per heavy atom. The molecular weight excluding hydrogens is 266 g/mol. The summed E-state index contributed by atoms with van der Waals surface area (Å²) in [5.41, 5.74) is 10.9. The molecule has 16 heavy (non-hydrogen) atoms. The second kappa shape index (κ2) is 3.94. The fraction of sp³-hybridized carbons (Fsp3) is 0.250. The van der Waals surface area contributed by atoms with Crippen molar-refractivity contribution in [3.63, 3.8) is 0 Å². The van der Waals surface area contributed by atoms with Crippen molar-refractivity contribution in [2.45, 2.75) is 13.8 Å². The lowest BCUT2D eigenvalue weighted by atomic mass is 10.0. The monoisotopic (exact) mass is 279 g/mol. The maximum absolute atomic E-state index is 5.91. The molecule has 0 atom stereocenters. The van der Waals surface area contributed by atoms with Crippen LogP contribution in [-0.4, -0.2) is 12.0 Å². The van der Waals surface area contributed by atoms with Crippen molar-refractivity contribution >= 4 is 38.2 Å². The van der Waals surface area contributed by atoms with Crippen LogP contribution in [0.25, 0.3) is 10.9 Å². The van der Waals surface area contributed by atoms with Gasteiger partial charge < -0.3 is 11.1 Å². The van der Waals surface area contributed by atoms with E-state index in [0.717, 1.165) is 21.1 Å². The molecule has 3 N–H and O–H groups in total. The number of rotatable bonds is 1. The Bertz CT molecular complexity index is 564. The zero-order valence-corrected chi connectivity index (χ0v) is 11.1. The summed E-state index contributed by atoms with van der Waals surface area (Å²) in [6, 6.07) is 2.06. The molecule has 0 aliphatic carbocycles. The van der Waals surface area contributed by atoms with Crippen LogP contribution in [0.4, 0.5) is 11.4 Å². The first kappa shape index (κ1) is 11.2. The van der Waals surface area contributed by atoms with E-state index in [1.54, 1.807) is 6.20 Å². The number of hydrogen-bond donors (Lipinski definition) is 2. The summed E-state index contributed by atoms with van der Waals surface area (Å²) in [6.07, 6.45) is 1.70. The normalized spacial score (nSPS) is 10.8. The van der Waals surface area contributed by atoms with E-state index in [1.807, 2.05) is 7.05 Å². The zero-order chi connectivity index (χ0) is 11.9. The highest BCUT2D eigenvalue weighted by atomic mass is 79.9. The fourth-order valence-corrected chi connectivity index (χ4v) is 2.29. The number of nitrogens with zero attached hydrogens (tertiary/aromatic N) is 1. The summed E-state index contributed by atoms with van der Waals surface area (Å²) in [7, 11) is 1.87. The number of aromatic nitrogens is 1. The molecule has 0 amide bonds. The largest absolute Gasteiger partial charge is 0.396 e. The van der Waals surface area contributed by atoms with Gasteiger partial charge in [-0.15, -0.1) is 0 Å². The average molecular weight is 280 g/mol. The number of nitrogen functional groups attached to an aromatic ring is 1. The number of benzene rings is 1. The van der Waals surface area contributed by atoms with Gasteiger partial charge in [0.2, 0.25) is 0 Å². The van der Waals surface area contributed by atoms with Gasteiger partial charge in [-0.1, -0.05) is 15.9 Å². The van der Waals surface area contributed by atoms with E-state index < -0.39 is 0 Å². The Labute approximate surface area is 103 Å². The van der Waals surface area contributed by atoms with Crippen LogP contribution in [0.3, 0.4) is 0 Å². The lowest BCUT2D eigenvalue weighted by molar-refractivity contribution is 1.33. The summed E-state index contributed by atoms with van der Waals surface area (Å²) in [4.78, 5) is 4.37. The van der Waals surface area contributed by atoms with Crippen molar-refractivity contribution in [2.75, 3.05) is 18.1 Å². The van der Waals surface area contributed by atoms with E-state index >= 15 is 0 Å². The third-order valence-electron chi connectivity index (χ3n) is 2.79. The van der Waals surface area contributed by atoms with Crippen molar-refractivity contribution in [1.29, 1.82) is 0 Å². The van der Waals surface area contributed by atoms with Crippen LogP contribution in [0, 0.1) is 13.8 Å². The molecule has 1 heterocycles. The highest BCUT2D eigenvalue weighted by Crippen LogP contribution is 2.35. The van der Waals surface area contributed by atoms with Crippen LogP contribution < -0.4 is 11.1 Å². The van der Waals surface area contributed by atoms with Crippen molar-refractivity contribution < 1.29 is 0 Å². The van der Waals surface area contributed by atoms with Gasteiger partial charge >= 0.3 is 0 Å².